The van der Waals surface area contributed by atoms with E-state index in [4.69, 9.17) is 28.7 Å². The lowest BCUT2D eigenvalue weighted by atomic mass is 10.2. The molecule has 2 unspecified atom stereocenters. The third-order valence-corrected chi connectivity index (χ3v) is 10.2. The molecule has 0 aromatic carbocycles. The van der Waals surface area contributed by atoms with Crippen LogP contribution in [0.1, 0.15) is 26.5 Å². The van der Waals surface area contributed by atoms with Gasteiger partial charge < -0.3 is 33.7 Å². The fraction of sp³-hybridized carbons (Fsp3) is 0.810. The van der Waals surface area contributed by atoms with Crippen LogP contribution in [0, 0.1) is 0 Å². The van der Waals surface area contributed by atoms with Gasteiger partial charge in [-0.3, -0.25) is 0 Å². The Bertz CT molecular complexity index is 658. The van der Waals surface area contributed by atoms with Crippen molar-refractivity contribution < 1.29 is 28.8 Å². The average Bonchev–Trinajstić information content (AvgIpc) is 2.74. The number of hydrogen-bond donors (Lipinski definition) is 2. The quantitative estimate of drug-likeness (QED) is 0.357. The molecule has 1 aliphatic heterocycles. The van der Waals surface area contributed by atoms with Crippen molar-refractivity contribution in [2.75, 3.05) is 57.6 Å². The monoisotopic (exact) mass is 457 g/mol. The van der Waals surface area contributed by atoms with Gasteiger partial charge in [-0.25, -0.2) is 9.97 Å². The molecule has 2 heterocycles. The molecule has 2 rings (SSSR count). The largest absolute Gasteiger partial charge is 0.411 e. The lowest BCUT2D eigenvalue weighted by molar-refractivity contribution is -0.0481. The van der Waals surface area contributed by atoms with Gasteiger partial charge in [-0.15, -0.1) is 0 Å². The molecule has 1 aromatic rings. The molecule has 1 saturated heterocycles. The first-order chi connectivity index (χ1) is 14.6. The van der Waals surface area contributed by atoms with Gasteiger partial charge in [-0.05, 0) is 24.2 Å². The van der Waals surface area contributed by atoms with E-state index in [2.05, 4.69) is 43.7 Å². The van der Waals surface area contributed by atoms with Crippen molar-refractivity contribution in [1.82, 2.24) is 9.97 Å². The van der Waals surface area contributed by atoms with Crippen LogP contribution in [-0.2, 0) is 25.2 Å². The highest BCUT2D eigenvalue weighted by molar-refractivity contribution is 6.74. The van der Waals surface area contributed by atoms with Crippen LogP contribution in [0.3, 0.4) is 0 Å². The van der Waals surface area contributed by atoms with Gasteiger partial charge >= 0.3 is 0 Å². The molecule has 1 fully saturated rings. The molecule has 2 N–H and O–H groups in total. The number of aromatic nitrogens is 2. The number of ether oxygens (including phenoxy) is 3. The highest BCUT2D eigenvalue weighted by Gasteiger charge is 2.37. The lowest BCUT2D eigenvalue weighted by Crippen LogP contribution is -2.45. The maximum atomic E-state index is 9.22. The molecular weight excluding hydrogens is 418 g/mol. The maximum absolute atomic E-state index is 9.22. The second-order valence-corrected chi connectivity index (χ2v) is 14.1. The zero-order valence-corrected chi connectivity index (χ0v) is 20.5. The molecule has 0 spiro atoms. The van der Waals surface area contributed by atoms with Crippen LogP contribution < -0.4 is 4.90 Å². The number of anilines is 1. The first kappa shape index (κ1) is 26.1. The summed E-state index contributed by atoms with van der Waals surface area (Å²) < 4.78 is 23.0. The Morgan fingerprint density at radius 2 is 2.03 bits per heavy atom. The first-order valence-corrected chi connectivity index (χ1v) is 13.8. The molecule has 10 heteroatoms. The van der Waals surface area contributed by atoms with Crippen LogP contribution >= 0.6 is 0 Å². The van der Waals surface area contributed by atoms with E-state index in [0.29, 0.717) is 45.5 Å². The summed E-state index contributed by atoms with van der Waals surface area (Å²) in [5.41, 5.74) is 0.885. The smallest absolute Gasteiger partial charge is 0.225 e. The van der Waals surface area contributed by atoms with Crippen LogP contribution in [0.5, 0.6) is 0 Å². The van der Waals surface area contributed by atoms with Gasteiger partial charge in [0.1, 0.15) is 6.10 Å². The first-order valence-electron chi connectivity index (χ1n) is 10.9. The third-order valence-electron chi connectivity index (χ3n) is 5.71. The van der Waals surface area contributed by atoms with Gasteiger partial charge in [0.2, 0.25) is 5.95 Å². The van der Waals surface area contributed by atoms with E-state index in [1.54, 1.807) is 6.20 Å². The predicted octanol–water partition coefficient (Wildman–Crippen LogP) is 1.59. The minimum absolute atomic E-state index is 0.0764. The zero-order valence-electron chi connectivity index (χ0n) is 19.5. The fourth-order valence-corrected chi connectivity index (χ4v) is 3.64. The molecule has 9 nitrogen and oxygen atoms in total. The zero-order chi connectivity index (χ0) is 22.9. The highest BCUT2D eigenvalue weighted by Crippen LogP contribution is 2.37. The minimum Gasteiger partial charge on any atom is -0.411 e. The van der Waals surface area contributed by atoms with Crippen LogP contribution in [0.25, 0.3) is 0 Å². The van der Waals surface area contributed by atoms with E-state index in [9.17, 15) is 5.11 Å². The summed E-state index contributed by atoms with van der Waals surface area (Å²) in [7, 11) is -1.84. The molecule has 31 heavy (non-hydrogen) atoms. The lowest BCUT2D eigenvalue weighted by Gasteiger charge is -2.36. The average molecular weight is 458 g/mol. The second kappa shape index (κ2) is 12.2. The Balaban J connectivity index is 1.79. The van der Waals surface area contributed by atoms with E-state index in [-0.39, 0.29) is 24.4 Å². The molecule has 0 saturated carbocycles. The van der Waals surface area contributed by atoms with Crippen molar-refractivity contribution in [2.24, 2.45) is 0 Å². The molecule has 0 amide bonds. The molecular formula is C21H39N3O6Si. The molecule has 0 aliphatic carbocycles. The summed E-state index contributed by atoms with van der Waals surface area (Å²) in [5.74, 6) is 0.686. The summed E-state index contributed by atoms with van der Waals surface area (Å²) >= 11 is 0. The Morgan fingerprint density at radius 3 is 2.74 bits per heavy atom. The van der Waals surface area contributed by atoms with Gasteiger partial charge in [-0.1, -0.05) is 20.8 Å². The summed E-state index contributed by atoms with van der Waals surface area (Å²) in [6, 6.07) is 1.91. The van der Waals surface area contributed by atoms with Gasteiger partial charge in [0.25, 0.3) is 0 Å². The van der Waals surface area contributed by atoms with Crippen LogP contribution in [0.2, 0.25) is 18.1 Å². The highest BCUT2D eigenvalue weighted by atomic mass is 28.4. The standard InChI is InChI=1S/C21H39N3O6Si/c1-21(2,3)31(4,5)30-14-17-6-7-22-20(23-17)24-8-9-29-19(12-24)16-28-11-10-27-15-18(26)13-25/h6-7,18-19,25-26H,8-16H2,1-5H3. The number of aliphatic hydroxyl groups is 2. The van der Waals surface area contributed by atoms with Crippen molar-refractivity contribution in [3.8, 4) is 0 Å². The fourth-order valence-electron chi connectivity index (χ4n) is 2.69. The number of aliphatic hydroxyl groups excluding tert-OH is 2. The summed E-state index contributed by atoms with van der Waals surface area (Å²) in [5, 5.41) is 18.1. The van der Waals surface area contributed by atoms with E-state index >= 15 is 0 Å². The topological polar surface area (TPSA) is 106 Å². The maximum Gasteiger partial charge on any atom is 0.225 e. The number of rotatable bonds is 12. The van der Waals surface area contributed by atoms with Gasteiger partial charge in [0, 0.05) is 19.3 Å². The Labute approximate surface area is 186 Å². The van der Waals surface area contributed by atoms with Crippen LogP contribution in [0.15, 0.2) is 12.3 Å². The van der Waals surface area contributed by atoms with Gasteiger partial charge in [-0.2, -0.15) is 0 Å². The van der Waals surface area contributed by atoms with Crippen LogP contribution in [0.4, 0.5) is 5.95 Å². The summed E-state index contributed by atoms with van der Waals surface area (Å²) in [6.45, 7) is 14.6. The number of hydrogen-bond acceptors (Lipinski definition) is 9. The Morgan fingerprint density at radius 1 is 1.29 bits per heavy atom. The summed E-state index contributed by atoms with van der Waals surface area (Å²) in [4.78, 5) is 11.3. The van der Waals surface area contributed by atoms with Crippen molar-refractivity contribution in [1.29, 1.82) is 0 Å². The van der Waals surface area contributed by atoms with E-state index in [1.807, 2.05) is 6.07 Å². The van der Waals surface area contributed by atoms with Crippen molar-refractivity contribution in [2.45, 2.75) is 57.7 Å². The number of nitrogens with zero attached hydrogens (tertiary/aromatic N) is 3. The van der Waals surface area contributed by atoms with E-state index in [1.165, 1.54) is 0 Å². The SMILES string of the molecule is CC(C)(C)[Si](C)(C)OCc1ccnc(N2CCOC(COCCOCC(O)CO)C2)n1. The molecule has 2 atom stereocenters. The molecule has 1 aliphatic rings. The summed E-state index contributed by atoms with van der Waals surface area (Å²) in [6.07, 6.45) is 0.858. The normalized spacial score (nSPS) is 18.9. The Hall–Kier alpha value is -1.14. The Kier molecular flexibility index (Phi) is 10.3. The molecule has 0 bridgehead atoms. The van der Waals surface area contributed by atoms with E-state index in [0.717, 1.165) is 12.2 Å². The van der Waals surface area contributed by atoms with Crippen LogP contribution in [-0.4, -0.2) is 93.4 Å². The van der Waals surface area contributed by atoms with Crippen molar-refractivity contribution in [3.63, 3.8) is 0 Å². The third kappa shape index (κ3) is 8.72. The number of morpholine rings is 1. The van der Waals surface area contributed by atoms with Crippen molar-refractivity contribution >= 4 is 14.3 Å². The second-order valence-electron chi connectivity index (χ2n) is 9.32. The molecule has 178 valence electrons. The minimum atomic E-state index is -1.84. The molecule has 0 radical (unpaired) electrons. The molecule has 1 aromatic heterocycles. The van der Waals surface area contributed by atoms with Crippen molar-refractivity contribution in [3.05, 3.63) is 18.0 Å². The van der Waals surface area contributed by atoms with Gasteiger partial charge in [0.05, 0.1) is 58.0 Å². The predicted molar refractivity (Wildman–Crippen MR) is 121 cm³/mol. The van der Waals surface area contributed by atoms with E-state index < -0.39 is 14.4 Å². The van der Waals surface area contributed by atoms with Gasteiger partial charge in [0.15, 0.2) is 8.32 Å².